The van der Waals surface area contributed by atoms with Crippen LogP contribution < -0.4 is 15.8 Å². The van der Waals surface area contributed by atoms with E-state index in [1.165, 1.54) is 30.5 Å². The van der Waals surface area contributed by atoms with Gasteiger partial charge in [-0.3, -0.25) is 9.59 Å². The third kappa shape index (κ3) is 5.04. The molecule has 9 heteroatoms. The van der Waals surface area contributed by atoms with Gasteiger partial charge in [-0.2, -0.15) is 5.11 Å². The number of piperidine rings is 1. The molecule has 0 spiro atoms. The van der Waals surface area contributed by atoms with Gasteiger partial charge in [0.25, 0.3) is 5.56 Å². The minimum Gasteiger partial charge on any atom is -0.360 e. The van der Waals surface area contributed by atoms with Crippen molar-refractivity contribution in [3.05, 3.63) is 76.5 Å². The highest BCUT2D eigenvalue weighted by Crippen LogP contribution is 2.24. The van der Waals surface area contributed by atoms with E-state index in [-0.39, 0.29) is 23.1 Å². The summed E-state index contributed by atoms with van der Waals surface area (Å²) in [6.45, 7) is 1.86. The number of nitrogens with one attached hydrogen (secondary N) is 3. The number of anilines is 2. The van der Waals surface area contributed by atoms with Gasteiger partial charge in [0, 0.05) is 41.4 Å². The van der Waals surface area contributed by atoms with E-state index in [0.717, 1.165) is 31.6 Å². The van der Waals surface area contributed by atoms with Gasteiger partial charge in [-0.05, 0) is 81.5 Å². The molecule has 1 aliphatic rings. The Morgan fingerprint density at radius 1 is 1.21 bits per heavy atom. The van der Waals surface area contributed by atoms with Crippen LogP contribution in [0.3, 0.4) is 0 Å². The van der Waals surface area contributed by atoms with Crippen molar-refractivity contribution in [3.8, 4) is 0 Å². The zero-order valence-electron chi connectivity index (χ0n) is 19.1. The van der Waals surface area contributed by atoms with Crippen LogP contribution in [0.1, 0.15) is 18.4 Å². The van der Waals surface area contributed by atoms with E-state index in [0.29, 0.717) is 16.6 Å². The largest absolute Gasteiger partial charge is 0.360 e. The molecule has 2 heterocycles. The normalized spacial score (nSPS) is 15.3. The van der Waals surface area contributed by atoms with Crippen molar-refractivity contribution in [1.82, 2.24) is 9.88 Å². The third-order valence-electron chi connectivity index (χ3n) is 6.23. The van der Waals surface area contributed by atoms with Crippen LogP contribution in [0.5, 0.6) is 0 Å². The summed E-state index contributed by atoms with van der Waals surface area (Å²) in [6.07, 6.45) is 3.18. The predicted octanol–water partition coefficient (Wildman–Crippen LogP) is 4.41. The second-order valence-corrected chi connectivity index (χ2v) is 8.55. The molecule has 0 saturated carbocycles. The van der Waals surface area contributed by atoms with Crippen molar-refractivity contribution >= 4 is 33.9 Å². The van der Waals surface area contributed by atoms with Crippen LogP contribution in [0.15, 0.2) is 64.6 Å². The molecule has 0 atom stereocenters. The summed E-state index contributed by atoms with van der Waals surface area (Å²) in [5, 5.41) is 7.01. The van der Waals surface area contributed by atoms with Gasteiger partial charge in [0.15, 0.2) is 0 Å². The van der Waals surface area contributed by atoms with E-state index in [1.54, 1.807) is 11.9 Å². The summed E-state index contributed by atoms with van der Waals surface area (Å²) in [5.41, 5.74) is 9.33. The number of halogens is 1. The molecule has 0 unspecified atom stereocenters. The highest BCUT2D eigenvalue weighted by Gasteiger charge is 2.26. The maximum absolute atomic E-state index is 13.6. The monoisotopic (exact) mass is 462 g/mol. The minimum atomic E-state index is -0.424. The Balaban J connectivity index is 1.48. The number of amides is 1. The van der Waals surface area contributed by atoms with Crippen LogP contribution in [0.4, 0.5) is 15.8 Å². The highest BCUT2D eigenvalue weighted by atomic mass is 19.1. The van der Waals surface area contributed by atoms with Crippen LogP contribution >= 0.6 is 0 Å². The van der Waals surface area contributed by atoms with E-state index in [2.05, 4.69) is 27.4 Å². The number of likely N-dealkylation sites (tertiary alicyclic amines) is 1. The van der Waals surface area contributed by atoms with Crippen molar-refractivity contribution in [1.29, 1.82) is 5.53 Å². The molecule has 3 aromatic rings. The van der Waals surface area contributed by atoms with Gasteiger partial charge in [-0.15, -0.1) is 0 Å². The molecule has 1 saturated heterocycles. The Morgan fingerprint density at radius 2 is 1.91 bits per heavy atom. The molecule has 2 aromatic carbocycles. The maximum atomic E-state index is 13.6. The van der Waals surface area contributed by atoms with Crippen molar-refractivity contribution in [2.75, 3.05) is 37.4 Å². The fourth-order valence-corrected chi connectivity index (χ4v) is 4.13. The van der Waals surface area contributed by atoms with E-state index >= 15 is 0 Å². The lowest BCUT2D eigenvalue weighted by Crippen LogP contribution is -2.39. The maximum Gasteiger partial charge on any atom is 0.258 e. The van der Waals surface area contributed by atoms with Gasteiger partial charge in [0.1, 0.15) is 11.5 Å². The molecular formula is C25H27FN6O2. The molecule has 0 bridgehead atoms. The van der Waals surface area contributed by atoms with Gasteiger partial charge >= 0.3 is 0 Å². The first kappa shape index (κ1) is 23.3. The molecule has 0 radical (unpaired) electrons. The van der Waals surface area contributed by atoms with Crippen molar-refractivity contribution < 1.29 is 9.18 Å². The van der Waals surface area contributed by atoms with Gasteiger partial charge in [0.05, 0.1) is 5.56 Å². The lowest BCUT2D eigenvalue weighted by molar-refractivity contribution is -0.123. The average molecular weight is 463 g/mol. The van der Waals surface area contributed by atoms with E-state index in [1.807, 2.05) is 24.3 Å². The number of aromatic nitrogens is 1. The minimum absolute atomic E-state index is 0.0386. The molecule has 8 nitrogen and oxygen atoms in total. The van der Waals surface area contributed by atoms with Crippen molar-refractivity contribution in [2.24, 2.45) is 11.0 Å². The number of nitrogens with zero attached hydrogens (tertiary/aromatic N) is 3. The zero-order chi connectivity index (χ0) is 24.2. The summed E-state index contributed by atoms with van der Waals surface area (Å²) in [6, 6.07) is 12.9. The molecule has 1 aliphatic heterocycles. The van der Waals surface area contributed by atoms with Crippen LogP contribution in [0.2, 0.25) is 0 Å². The highest BCUT2D eigenvalue weighted by molar-refractivity contribution is 5.94. The third-order valence-corrected chi connectivity index (χ3v) is 6.23. The first-order valence-corrected chi connectivity index (χ1v) is 11.1. The fraction of sp³-hybridized carbons (Fsp3) is 0.280. The van der Waals surface area contributed by atoms with Gasteiger partial charge in [-0.1, -0.05) is 0 Å². The Morgan fingerprint density at radius 3 is 2.59 bits per heavy atom. The molecule has 1 aromatic heterocycles. The van der Waals surface area contributed by atoms with Gasteiger partial charge in [0.2, 0.25) is 5.91 Å². The summed E-state index contributed by atoms with van der Waals surface area (Å²) in [4.78, 5) is 31.9. The van der Waals surface area contributed by atoms with Crippen LogP contribution in [-0.2, 0) is 4.79 Å². The number of benzene rings is 2. The zero-order valence-corrected chi connectivity index (χ0v) is 19.1. The molecule has 34 heavy (non-hydrogen) atoms. The van der Waals surface area contributed by atoms with Crippen LogP contribution in [0.25, 0.3) is 16.6 Å². The first-order valence-electron chi connectivity index (χ1n) is 11.1. The molecule has 176 valence electrons. The molecule has 0 aliphatic carbocycles. The standard InChI is InChI=1S/C25H27FN6O2/c1-31-11-9-16(10-12-31)25(34)32(2)20-6-4-19(5-7-20)28-15-23(30-27)21-14-17-13-18(26)3-8-22(17)29-24(21)33/h3-8,13-16,27-28H,9-12H2,1-2H3,(H,29,33)/b23-15-,30-27?. The lowest BCUT2D eigenvalue weighted by atomic mass is 9.95. The number of hydrogen-bond acceptors (Lipinski definition) is 6. The second-order valence-electron chi connectivity index (χ2n) is 8.55. The second kappa shape index (κ2) is 9.96. The Hall–Kier alpha value is -3.85. The number of rotatable bonds is 6. The topological polar surface area (TPSA) is 105 Å². The number of hydrogen-bond donors (Lipinski definition) is 3. The van der Waals surface area contributed by atoms with Crippen LogP contribution in [0, 0.1) is 17.3 Å². The summed E-state index contributed by atoms with van der Waals surface area (Å²) in [7, 11) is 3.86. The smallest absolute Gasteiger partial charge is 0.258 e. The van der Waals surface area contributed by atoms with Gasteiger partial charge in [-0.25, -0.2) is 9.92 Å². The average Bonchev–Trinajstić information content (AvgIpc) is 2.85. The molecule has 4 rings (SSSR count). The molecular weight excluding hydrogens is 435 g/mol. The summed E-state index contributed by atoms with van der Waals surface area (Å²) < 4.78 is 13.6. The number of H-pyrrole nitrogens is 1. The SMILES string of the molecule is CN1CCC(C(=O)N(C)c2ccc(N/C=C(\N=N)c3cc4cc(F)ccc4[nH]c3=O)cc2)CC1. The number of pyridine rings is 1. The number of carbonyl (C=O) groups is 1. The molecule has 3 N–H and O–H groups in total. The Labute approximate surface area is 196 Å². The summed E-state index contributed by atoms with van der Waals surface area (Å²) in [5.74, 6) is -0.260. The Bertz CT molecular complexity index is 1290. The number of aromatic amines is 1. The van der Waals surface area contributed by atoms with Crippen LogP contribution in [-0.4, -0.2) is 43.0 Å². The predicted molar refractivity (Wildman–Crippen MR) is 131 cm³/mol. The fourth-order valence-electron chi connectivity index (χ4n) is 4.13. The number of fused-ring (bicyclic) bond motifs is 1. The van der Waals surface area contributed by atoms with Gasteiger partial charge < -0.3 is 20.1 Å². The first-order chi connectivity index (χ1) is 16.4. The lowest BCUT2D eigenvalue weighted by Gasteiger charge is -2.31. The Kier molecular flexibility index (Phi) is 6.83. The van der Waals surface area contributed by atoms with E-state index < -0.39 is 11.4 Å². The summed E-state index contributed by atoms with van der Waals surface area (Å²) >= 11 is 0. The van der Waals surface area contributed by atoms with Crippen molar-refractivity contribution in [2.45, 2.75) is 12.8 Å². The molecule has 1 amide bonds. The van der Waals surface area contributed by atoms with Crippen molar-refractivity contribution in [3.63, 3.8) is 0 Å². The quantitative estimate of drug-likeness (QED) is 0.472. The van der Waals surface area contributed by atoms with E-state index in [4.69, 9.17) is 5.53 Å². The van der Waals surface area contributed by atoms with E-state index in [9.17, 15) is 14.0 Å². The number of carbonyl (C=O) groups excluding carboxylic acids is 1. The molecule has 1 fully saturated rings.